The molecule has 3 N–H and O–H groups in total. The fraction of sp³-hybridized carbons (Fsp3) is 0.368. The highest BCUT2D eigenvalue weighted by atomic mass is 16.6. The number of nitro groups is 1. The first-order valence-electron chi connectivity index (χ1n) is 9.16. The third-order valence-corrected chi connectivity index (χ3v) is 4.99. The molecule has 142 valence electrons. The number of rotatable bonds is 5. The number of benzene rings is 1. The zero-order chi connectivity index (χ0) is 18.6. The minimum atomic E-state index is -0.334. The number of hydrazine groups is 1. The number of nitrogens with one attached hydrogen (secondary N) is 3. The van der Waals surface area contributed by atoms with Gasteiger partial charge in [0.25, 0.3) is 5.70 Å². The molecule has 0 saturated carbocycles. The van der Waals surface area contributed by atoms with Crippen LogP contribution in [0.1, 0.15) is 12.0 Å². The third-order valence-electron chi connectivity index (χ3n) is 4.99. The number of hydrogen-bond donors (Lipinski definition) is 3. The SMILES string of the molecule is O=[N+]([O-])C1=CC=CC2=C(C1)NNc1cc(NCCN3CCOCC3)ccc12. The Kier molecular flexibility index (Phi) is 5.08. The number of fused-ring (bicyclic) bond motifs is 2. The molecule has 0 spiro atoms. The van der Waals surface area contributed by atoms with Crippen LogP contribution in [0.3, 0.4) is 0 Å². The Balaban J connectivity index is 1.44. The second kappa shape index (κ2) is 7.81. The summed E-state index contributed by atoms with van der Waals surface area (Å²) in [5.41, 5.74) is 11.3. The molecule has 27 heavy (non-hydrogen) atoms. The smallest absolute Gasteiger partial charge is 0.252 e. The Bertz CT molecular complexity index is 825. The number of hydrogen-bond acceptors (Lipinski definition) is 7. The molecule has 0 radical (unpaired) electrons. The summed E-state index contributed by atoms with van der Waals surface area (Å²) in [6.45, 7) is 5.45. The Morgan fingerprint density at radius 1 is 1.26 bits per heavy atom. The monoisotopic (exact) mass is 369 g/mol. The first-order valence-corrected chi connectivity index (χ1v) is 9.16. The molecule has 3 aliphatic rings. The average Bonchev–Trinajstić information content (AvgIpc) is 2.91. The molecular formula is C19H23N5O3. The Morgan fingerprint density at radius 3 is 2.93 bits per heavy atom. The van der Waals surface area contributed by atoms with Crippen molar-refractivity contribution >= 4 is 16.9 Å². The van der Waals surface area contributed by atoms with Crippen molar-refractivity contribution in [2.75, 3.05) is 50.1 Å². The van der Waals surface area contributed by atoms with Crippen LogP contribution in [0.15, 0.2) is 47.8 Å². The predicted octanol–water partition coefficient (Wildman–Crippen LogP) is 2.19. The molecule has 1 saturated heterocycles. The van der Waals surface area contributed by atoms with Crippen molar-refractivity contribution in [3.63, 3.8) is 0 Å². The normalized spacial score (nSPS) is 19.2. The van der Waals surface area contributed by atoms with E-state index in [9.17, 15) is 10.1 Å². The lowest BCUT2D eigenvalue weighted by atomic mass is 9.98. The topological polar surface area (TPSA) is 91.7 Å². The van der Waals surface area contributed by atoms with Gasteiger partial charge in [-0.25, -0.2) is 0 Å². The summed E-state index contributed by atoms with van der Waals surface area (Å²) in [5, 5.41) is 14.6. The molecule has 0 bridgehead atoms. The van der Waals surface area contributed by atoms with Gasteiger partial charge in [0, 0.05) is 54.8 Å². The maximum Gasteiger partial charge on any atom is 0.252 e. The number of nitrogens with zero attached hydrogens (tertiary/aromatic N) is 2. The molecular weight excluding hydrogens is 346 g/mol. The standard InChI is InChI=1S/C19H23N5O3/c25-24(26)15-2-1-3-16-17-5-4-14(12-18(17)21-22-19(16)13-15)20-6-7-23-8-10-27-11-9-23/h1-5,12,20-22H,6-11,13H2. The highest BCUT2D eigenvalue weighted by Crippen LogP contribution is 2.35. The molecule has 1 aromatic carbocycles. The van der Waals surface area contributed by atoms with Crippen LogP contribution < -0.4 is 16.2 Å². The van der Waals surface area contributed by atoms with Crippen molar-refractivity contribution in [3.8, 4) is 0 Å². The van der Waals surface area contributed by atoms with E-state index in [-0.39, 0.29) is 17.0 Å². The summed E-state index contributed by atoms with van der Waals surface area (Å²) in [5.74, 6) is 0. The lowest BCUT2D eigenvalue weighted by Crippen LogP contribution is -2.39. The van der Waals surface area contributed by atoms with Gasteiger partial charge >= 0.3 is 0 Å². The van der Waals surface area contributed by atoms with Gasteiger partial charge in [-0.05, 0) is 12.1 Å². The van der Waals surface area contributed by atoms with Gasteiger partial charge in [-0.3, -0.25) is 15.0 Å². The van der Waals surface area contributed by atoms with Crippen molar-refractivity contribution in [3.05, 3.63) is 63.5 Å². The maximum absolute atomic E-state index is 11.1. The summed E-state index contributed by atoms with van der Waals surface area (Å²) in [4.78, 5) is 13.2. The van der Waals surface area contributed by atoms with Crippen LogP contribution in [0.25, 0.3) is 5.57 Å². The summed E-state index contributed by atoms with van der Waals surface area (Å²) in [7, 11) is 0. The molecule has 2 heterocycles. The molecule has 0 unspecified atom stereocenters. The molecule has 1 fully saturated rings. The molecule has 1 aliphatic carbocycles. The minimum Gasteiger partial charge on any atom is -0.384 e. The van der Waals surface area contributed by atoms with Crippen LogP contribution in [0.4, 0.5) is 11.4 Å². The first-order chi connectivity index (χ1) is 13.2. The number of morpholine rings is 1. The van der Waals surface area contributed by atoms with E-state index in [1.165, 1.54) is 0 Å². The number of anilines is 2. The van der Waals surface area contributed by atoms with Crippen LogP contribution in [-0.4, -0.2) is 49.2 Å². The van der Waals surface area contributed by atoms with Crippen molar-refractivity contribution < 1.29 is 9.66 Å². The van der Waals surface area contributed by atoms with Gasteiger partial charge in [0.1, 0.15) is 0 Å². The van der Waals surface area contributed by atoms with Crippen molar-refractivity contribution in [2.45, 2.75) is 6.42 Å². The summed E-state index contributed by atoms with van der Waals surface area (Å²) < 4.78 is 5.37. The highest BCUT2D eigenvalue weighted by Gasteiger charge is 2.23. The minimum absolute atomic E-state index is 0.176. The van der Waals surface area contributed by atoms with Crippen LogP contribution >= 0.6 is 0 Å². The van der Waals surface area contributed by atoms with E-state index < -0.39 is 0 Å². The van der Waals surface area contributed by atoms with Crippen LogP contribution in [-0.2, 0) is 4.74 Å². The van der Waals surface area contributed by atoms with Crippen LogP contribution in [0, 0.1) is 10.1 Å². The Morgan fingerprint density at radius 2 is 2.11 bits per heavy atom. The Hall–Kier alpha value is -2.84. The number of allylic oxidation sites excluding steroid dienone is 4. The summed E-state index contributed by atoms with van der Waals surface area (Å²) >= 11 is 0. The van der Waals surface area contributed by atoms with E-state index in [1.807, 2.05) is 6.08 Å². The number of ether oxygens (including phenoxy) is 1. The van der Waals surface area contributed by atoms with Crippen LogP contribution in [0.2, 0.25) is 0 Å². The lowest BCUT2D eigenvalue weighted by molar-refractivity contribution is -0.427. The fourth-order valence-electron chi connectivity index (χ4n) is 3.50. The molecule has 1 aromatic rings. The molecule has 0 aromatic heterocycles. The zero-order valence-corrected chi connectivity index (χ0v) is 15.0. The molecule has 2 aliphatic heterocycles. The summed E-state index contributed by atoms with van der Waals surface area (Å²) in [6, 6.07) is 6.17. The quantitative estimate of drug-likeness (QED) is 0.541. The van der Waals surface area contributed by atoms with Crippen molar-refractivity contribution in [2.24, 2.45) is 0 Å². The van der Waals surface area contributed by atoms with E-state index in [4.69, 9.17) is 4.74 Å². The largest absolute Gasteiger partial charge is 0.384 e. The molecule has 0 amide bonds. The van der Waals surface area contributed by atoms with E-state index in [1.54, 1.807) is 12.2 Å². The van der Waals surface area contributed by atoms with Gasteiger partial charge in [0.2, 0.25) is 0 Å². The van der Waals surface area contributed by atoms with Gasteiger partial charge in [0.05, 0.1) is 30.2 Å². The van der Waals surface area contributed by atoms with E-state index >= 15 is 0 Å². The van der Waals surface area contributed by atoms with E-state index in [0.29, 0.717) is 0 Å². The molecule has 8 heteroatoms. The van der Waals surface area contributed by atoms with E-state index in [0.717, 1.165) is 67.6 Å². The summed E-state index contributed by atoms with van der Waals surface area (Å²) in [6.07, 6.45) is 5.48. The molecule has 4 rings (SSSR count). The lowest BCUT2D eigenvalue weighted by Gasteiger charge is -2.27. The second-order valence-corrected chi connectivity index (χ2v) is 6.73. The van der Waals surface area contributed by atoms with E-state index in [2.05, 4.69) is 39.3 Å². The fourth-order valence-corrected chi connectivity index (χ4v) is 3.50. The first kappa shape index (κ1) is 17.6. The maximum atomic E-state index is 11.1. The second-order valence-electron chi connectivity index (χ2n) is 6.73. The van der Waals surface area contributed by atoms with Gasteiger partial charge in [-0.2, -0.15) is 0 Å². The van der Waals surface area contributed by atoms with Crippen LogP contribution in [0.5, 0.6) is 0 Å². The van der Waals surface area contributed by atoms with Crippen molar-refractivity contribution in [1.82, 2.24) is 10.3 Å². The average molecular weight is 369 g/mol. The van der Waals surface area contributed by atoms with Gasteiger partial charge in [0.15, 0.2) is 0 Å². The van der Waals surface area contributed by atoms with Crippen molar-refractivity contribution in [1.29, 1.82) is 0 Å². The zero-order valence-electron chi connectivity index (χ0n) is 15.0. The predicted molar refractivity (Wildman–Crippen MR) is 105 cm³/mol. The van der Waals surface area contributed by atoms with Gasteiger partial charge in [-0.15, -0.1) is 0 Å². The highest BCUT2D eigenvalue weighted by molar-refractivity contribution is 5.88. The van der Waals surface area contributed by atoms with Gasteiger partial charge in [-0.1, -0.05) is 18.2 Å². The third kappa shape index (κ3) is 3.96. The molecule has 8 nitrogen and oxygen atoms in total. The van der Waals surface area contributed by atoms with Gasteiger partial charge < -0.3 is 20.9 Å². The molecule has 0 atom stereocenters. The Labute approximate surface area is 157 Å².